The Morgan fingerprint density at radius 1 is 1.38 bits per heavy atom. The van der Waals surface area contributed by atoms with Crippen molar-refractivity contribution in [3.05, 3.63) is 46.2 Å². The first-order valence-corrected chi connectivity index (χ1v) is 9.31. The van der Waals surface area contributed by atoms with E-state index in [2.05, 4.69) is 10.3 Å². The average Bonchev–Trinajstić information content (AvgIpc) is 3.14. The fourth-order valence-electron chi connectivity index (χ4n) is 3.06. The molecule has 1 aromatic heterocycles. The van der Waals surface area contributed by atoms with Gasteiger partial charge in [-0.25, -0.2) is 0 Å². The minimum absolute atomic E-state index is 0.0162. The predicted molar refractivity (Wildman–Crippen MR) is 98.2 cm³/mol. The van der Waals surface area contributed by atoms with Crippen molar-refractivity contribution in [2.75, 3.05) is 11.1 Å². The summed E-state index contributed by atoms with van der Waals surface area (Å²) < 4.78 is 1.58. The second kappa shape index (κ2) is 8.06. The standard InChI is InChI=1S/C18H18N4O3S/c19-10-12-5-1-4-8-14(12)20-16(24)11-26-18-21-15(23)9-17(25)22(18)13-6-2-3-7-13/h1,4-5,8-9,13,23H,2-3,6-7,11H2,(H,20,24). The molecule has 26 heavy (non-hydrogen) atoms. The number of amides is 1. The number of aromatic hydroxyl groups is 1. The minimum atomic E-state index is -0.345. The lowest BCUT2D eigenvalue weighted by molar-refractivity contribution is -0.113. The number of carbonyl (C=O) groups is 1. The molecule has 2 N–H and O–H groups in total. The van der Waals surface area contributed by atoms with Crippen molar-refractivity contribution >= 4 is 23.4 Å². The summed E-state index contributed by atoms with van der Waals surface area (Å²) >= 11 is 1.10. The van der Waals surface area contributed by atoms with Crippen LogP contribution in [0.4, 0.5) is 5.69 Å². The van der Waals surface area contributed by atoms with Crippen molar-refractivity contribution in [1.29, 1.82) is 5.26 Å². The second-order valence-corrected chi connectivity index (χ2v) is 6.98. The highest BCUT2D eigenvalue weighted by Crippen LogP contribution is 2.31. The Morgan fingerprint density at radius 2 is 2.12 bits per heavy atom. The number of rotatable bonds is 5. The van der Waals surface area contributed by atoms with Gasteiger partial charge in [0.15, 0.2) is 5.16 Å². The third kappa shape index (κ3) is 4.06. The summed E-state index contributed by atoms with van der Waals surface area (Å²) in [6, 6.07) is 9.92. The molecular formula is C18H18N4O3S. The summed E-state index contributed by atoms with van der Waals surface area (Å²) in [6.45, 7) is 0. The van der Waals surface area contributed by atoms with Crippen LogP contribution in [0, 0.1) is 11.3 Å². The molecule has 0 bridgehead atoms. The number of nitrogens with one attached hydrogen (secondary N) is 1. The summed E-state index contributed by atoms with van der Waals surface area (Å²) in [4.78, 5) is 28.6. The molecule has 1 heterocycles. The largest absolute Gasteiger partial charge is 0.493 e. The van der Waals surface area contributed by atoms with Crippen molar-refractivity contribution in [3.8, 4) is 11.9 Å². The minimum Gasteiger partial charge on any atom is -0.493 e. The van der Waals surface area contributed by atoms with Crippen LogP contribution in [-0.2, 0) is 4.79 Å². The maximum absolute atomic E-state index is 12.3. The molecule has 1 saturated carbocycles. The number of hydrogen-bond acceptors (Lipinski definition) is 6. The highest BCUT2D eigenvalue weighted by atomic mass is 32.2. The van der Waals surface area contributed by atoms with E-state index in [0.29, 0.717) is 16.4 Å². The van der Waals surface area contributed by atoms with Crippen LogP contribution in [0.15, 0.2) is 40.3 Å². The molecule has 1 amide bonds. The molecule has 0 spiro atoms. The molecule has 2 aromatic rings. The molecule has 0 saturated heterocycles. The molecule has 134 valence electrons. The first-order chi connectivity index (χ1) is 12.6. The predicted octanol–water partition coefficient (Wildman–Crippen LogP) is 2.67. The van der Waals surface area contributed by atoms with E-state index in [-0.39, 0.29) is 29.1 Å². The van der Waals surface area contributed by atoms with Gasteiger partial charge in [-0.15, -0.1) is 0 Å². The number of nitriles is 1. The van der Waals surface area contributed by atoms with E-state index >= 15 is 0 Å². The highest BCUT2D eigenvalue weighted by Gasteiger charge is 2.22. The zero-order valence-electron chi connectivity index (χ0n) is 14.0. The van der Waals surface area contributed by atoms with Crippen LogP contribution in [0.1, 0.15) is 37.3 Å². The number of aromatic nitrogens is 2. The summed E-state index contributed by atoms with van der Waals surface area (Å²) in [5.41, 5.74) is 0.518. The van der Waals surface area contributed by atoms with Crippen molar-refractivity contribution in [3.63, 3.8) is 0 Å². The van der Waals surface area contributed by atoms with Gasteiger partial charge in [0.1, 0.15) is 6.07 Å². The first kappa shape index (κ1) is 18.0. The average molecular weight is 370 g/mol. The Kier molecular flexibility index (Phi) is 5.58. The number of carbonyl (C=O) groups excluding carboxylic acids is 1. The molecule has 8 heteroatoms. The van der Waals surface area contributed by atoms with Crippen LogP contribution in [0.3, 0.4) is 0 Å². The third-order valence-corrected chi connectivity index (χ3v) is 5.20. The summed E-state index contributed by atoms with van der Waals surface area (Å²) in [5.74, 6) is -0.641. The Bertz CT molecular complexity index is 913. The number of hydrogen-bond donors (Lipinski definition) is 2. The van der Waals surface area contributed by atoms with Gasteiger partial charge in [-0.1, -0.05) is 36.7 Å². The Balaban J connectivity index is 1.74. The molecule has 0 radical (unpaired) electrons. The molecule has 1 aliphatic carbocycles. The number of anilines is 1. The van der Waals surface area contributed by atoms with Gasteiger partial charge in [0, 0.05) is 6.04 Å². The van der Waals surface area contributed by atoms with Gasteiger partial charge < -0.3 is 10.4 Å². The van der Waals surface area contributed by atoms with Gasteiger partial charge in [0.2, 0.25) is 11.8 Å². The lowest BCUT2D eigenvalue weighted by Gasteiger charge is -2.17. The highest BCUT2D eigenvalue weighted by molar-refractivity contribution is 7.99. The zero-order valence-corrected chi connectivity index (χ0v) is 14.8. The maximum Gasteiger partial charge on any atom is 0.258 e. The smallest absolute Gasteiger partial charge is 0.258 e. The molecule has 7 nitrogen and oxygen atoms in total. The van der Waals surface area contributed by atoms with Crippen LogP contribution in [-0.4, -0.2) is 26.3 Å². The maximum atomic E-state index is 12.3. The molecule has 0 unspecified atom stereocenters. The Morgan fingerprint density at radius 3 is 2.85 bits per heavy atom. The van der Waals surface area contributed by atoms with Crippen LogP contribution in [0.25, 0.3) is 0 Å². The quantitative estimate of drug-likeness (QED) is 0.619. The van der Waals surface area contributed by atoms with E-state index in [1.165, 1.54) is 0 Å². The van der Waals surface area contributed by atoms with E-state index in [9.17, 15) is 14.7 Å². The lowest BCUT2D eigenvalue weighted by atomic mass is 10.2. The third-order valence-electron chi connectivity index (χ3n) is 4.25. The summed E-state index contributed by atoms with van der Waals surface area (Å²) in [6.07, 6.45) is 3.88. The van der Waals surface area contributed by atoms with Crippen molar-refractivity contribution < 1.29 is 9.90 Å². The molecule has 0 atom stereocenters. The van der Waals surface area contributed by atoms with Crippen LogP contribution in [0.5, 0.6) is 5.88 Å². The normalized spacial score (nSPS) is 14.1. The topological polar surface area (TPSA) is 108 Å². The summed E-state index contributed by atoms with van der Waals surface area (Å²) in [7, 11) is 0. The fourth-order valence-corrected chi connectivity index (χ4v) is 3.93. The molecule has 3 rings (SSSR count). The van der Waals surface area contributed by atoms with Crippen LogP contribution in [0.2, 0.25) is 0 Å². The van der Waals surface area contributed by atoms with E-state index in [1.54, 1.807) is 28.8 Å². The Hall–Kier alpha value is -2.79. The van der Waals surface area contributed by atoms with Crippen LogP contribution >= 0.6 is 11.8 Å². The Labute approximate surface area is 154 Å². The first-order valence-electron chi connectivity index (χ1n) is 8.33. The number of thioether (sulfide) groups is 1. The number of nitrogens with zero attached hydrogens (tertiary/aromatic N) is 3. The van der Waals surface area contributed by atoms with Gasteiger partial charge in [-0.05, 0) is 25.0 Å². The molecule has 1 aliphatic rings. The molecular weight excluding hydrogens is 352 g/mol. The van der Waals surface area contributed by atoms with Crippen molar-refractivity contribution in [2.24, 2.45) is 0 Å². The van der Waals surface area contributed by atoms with E-state index in [4.69, 9.17) is 5.26 Å². The fraction of sp³-hybridized carbons (Fsp3) is 0.333. The SMILES string of the molecule is N#Cc1ccccc1NC(=O)CSc1nc(O)cc(=O)n1C1CCCC1. The van der Waals surface area contributed by atoms with Crippen LogP contribution < -0.4 is 10.9 Å². The zero-order chi connectivity index (χ0) is 18.5. The number of benzene rings is 1. The van der Waals surface area contributed by atoms with E-state index in [1.807, 2.05) is 6.07 Å². The van der Waals surface area contributed by atoms with Gasteiger partial charge in [-0.3, -0.25) is 14.2 Å². The molecule has 1 aromatic carbocycles. The molecule has 1 fully saturated rings. The van der Waals surface area contributed by atoms with Gasteiger partial charge in [0.25, 0.3) is 5.56 Å². The second-order valence-electron chi connectivity index (χ2n) is 6.04. The van der Waals surface area contributed by atoms with Gasteiger partial charge in [-0.2, -0.15) is 10.2 Å². The van der Waals surface area contributed by atoms with E-state index < -0.39 is 0 Å². The summed E-state index contributed by atoms with van der Waals surface area (Å²) in [5, 5.41) is 21.8. The number of para-hydroxylation sites is 1. The monoisotopic (exact) mass is 370 g/mol. The molecule has 0 aliphatic heterocycles. The van der Waals surface area contributed by atoms with Crippen molar-refractivity contribution in [1.82, 2.24) is 9.55 Å². The van der Waals surface area contributed by atoms with Gasteiger partial charge >= 0.3 is 0 Å². The van der Waals surface area contributed by atoms with Gasteiger partial charge in [0.05, 0.1) is 23.1 Å². The van der Waals surface area contributed by atoms with Crippen molar-refractivity contribution in [2.45, 2.75) is 36.9 Å². The lowest BCUT2D eigenvalue weighted by Crippen LogP contribution is -2.26. The van der Waals surface area contributed by atoms with E-state index in [0.717, 1.165) is 43.5 Å².